The van der Waals surface area contributed by atoms with Crippen LogP contribution < -0.4 is 9.64 Å². The van der Waals surface area contributed by atoms with Crippen LogP contribution >= 0.6 is 0 Å². The molecule has 0 fully saturated rings. The average Bonchev–Trinajstić information content (AvgIpc) is 3.23. The number of nitrogens with zero attached hydrogens (tertiary/aromatic N) is 4. The minimum absolute atomic E-state index is 0.116. The van der Waals surface area contributed by atoms with Gasteiger partial charge >= 0.3 is 6.01 Å². The molecular weight excluding hydrogens is 344 g/mol. The lowest BCUT2D eigenvalue weighted by Crippen LogP contribution is -2.34. The highest BCUT2D eigenvalue weighted by molar-refractivity contribution is 6.13. The van der Waals surface area contributed by atoms with Crippen LogP contribution in [0.4, 0.5) is 5.82 Å². The van der Waals surface area contributed by atoms with Crippen LogP contribution in [-0.2, 0) is 4.79 Å². The molecule has 0 saturated heterocycles. The van der Waals surface area contributed by atoms with E-state index in [4.69, 9.17) is 9.26 Å². The van der Waals surface area contributed by atoms with Crippen LogP contribution in [0.15, 0.2) is 58.7 Å². The van der Waals surface area contributed by atoms with Crippen molar-refractivity contribution in [2.45, 2.75) is 33.1 Å². The molecule has 27 heavy (non-hydrogen) atoms. The number of methoxy groups -OCH3 is 1. The summed E-state index contributed by atoms with van der Waals surface area (Å²) in [5.41, 5.74) is 3.12. The normalized spacial score (nSPS) is 16.6. The largest absolute Gasteiger partial charge is 0.467 e. The molecule has 0 saturated carbocycles. The molecule has 0 unspecified atom stereocenters. The Bertz CT molecular complexity index is 880. The number of rotatable bonds is 6. The van der Waals surface area contributed by atoms with E-state index >= 15 is 0 Å². The van der Waals surface area contributed by atoms with E-state index in [0.717, 1.165) is 29.7 Å². The Labute approximate surface area is 158 Å². The Balaban J connectivity index is 2.11. The van der Waals surface area contributed by atoms with E-state index in [9.17, 15) is 4.79 Å². The standard InChI is InChI=1S/C20H22N4O3/c1-4-6-7-16(14-12-21-20(26-3)22-13-14)17-9-8-15(5-2)24(19(17)25)18-10-11-27-23-18/h6-8,10-13H,4-5,9H2,1-3H3/b7-6-,17-16-. The average molecular weight is 366 g/mol. The van der Waals surface area contributed by atoms with Crippen LogP contribution in [0.25, 0.3) is 5.57 Å². The van der Waals surface area contributed by atoms with Crippen molar-refractivity contribution in [2.75, 3.05) is 12.0 Å². The maximum Gasteiger partial charge on any atom is 0.316 e. The SMILES string of the molecule is CC/C=C\C(=C1/CC=C(CC)N(c2ccon2)C1=O)c1cnc(OC)nc1. The fourth-order valence-corrected chi connectivity index (χ4v) is 2.93. The van der Waals surface area contributed by atoms with Gasteiger partial charge in [-0.15, -0.1) is 0 Å². The fraction of sp³-hybridized carbons (Fsp3) is 0.300. The molecule has 0 bridgehead atoms. The van der Waals surface area contributed by atoms with Gasteiger partial charge in [0.2, 0.25) is 0 Å². The molecule has 0 aliphatic carbocycles. The first kappa shape index (κ1) is 18.6. The summed E-state index contributed by atoms with van der Waals surface area (Å²) in [4.78, 5) is 23.3. The molecule has 7 heteroatoms. The summed E-state index contributed by atoms with van der Waals surface area (Å²) in [7, 11) is 1.52. The first-order valence-electron chi connectivity index (χ1n) is 8.89. The lowest BCUT2D eigenvalue weighted by molar-refractivity contribution is -0.115. The van der Waals surface area contributed by atoms with Gasteiger partial charge in [-0.05, 0) is 24.8 Å². The van der Waals surface area contributed by atoms with Gasteiger partial charge in [-0.3, -0.25) is 9.69 Å². The number of amides is 1. The van der Waals surface area contributed by atoms with Crippen LogP contribution in [-0.4, -0.2) is 28.1 Å². The Hall–Kier alpha value is -3.22. The van der Waals surface area contributed by atoms with Gasteiger partial charge in [0.15, 0.2) is 5.82 Å². The number of carbonyl (C=O) groups is 1. The minimum Gasteiger partial charge on any atom is -0.467 e. The van der Waals surface area contributed by atoms with Crippen LogP contribution in [0.1, 0.15) is 38.7 Å². The number of anilines is 1. The van der Waals surface area contributed by atoms with E-state index in [1.165, 1.54) is 13.4 Å². The molecule has 7 nitrogen and oxygen atoms in total. The predicted octanol–water partition coefficient (Wildman–Crippen LogP) is 3.92. The lowest BCUT2D eigenvalue weighted by Gasteiger charge is -2.28. The van der Waals surface area contributed by atoms with E-state index in [2.05, 4.69) is 21.2 Å². The van der Waals surface area contributed by atoms with Crippen molar-refractivity contribution in [1.29, 1.82) is 0 Å². The van der Waals surface area contributed by atoms with Gasteiger partial charge in [-0.1, -0.05) is 37.2 Å². The van der Waals surface area contributed by atoms with Gasteiger partial charge in [0.1, 0.15) is 6.26 Å². The van der Waals surface area contributed by atoms with Crippen molar-refractivity contribution in [2.24, 2.45) is 0 Å². The zero-order valence-corrected chi connectivity index (χ0v) is 15.7. The maximum atomic E-state index is 13.3. The van der Waals surface area contributed by atoms with Crippen molar-refractivity contribution < 1.29 is 14.1 Å². The molecule has 0 radical (unpaired) electrons. The highest BCUT2D eigenvalue weighted by atomic mass is 16.5. The van der Waals surface area contributed by atoms with Crippen molar-refractivity contribution in [3.63, 3.8) is 0 Å². The Morgan fingerprint density at radius 2 is 2.11 bits per heavy atom. The molecule has 1 aliphatic heterocycles. The summed E-state index contributed by atoms with van der Waals surface area (Å²) >= 11 is 0. The molecule has 2 aromatic rings. The van der Waals surface area contributed by atoms with Crippen LogP contribution in [0.5, 0.6) is 6.01 Å². The zero-order valence-electron chi connectivity index (χ0n) is 15.7. The summed E-state index contributed by atoms with van der Waals surface area (Å²) in [5, 5.41) is 3.95. The molecule has 1 aliphatic rings. The number of aromatic nitrogens is 3. The fourth-order valence-electron chi connectivity index (χ4n) is 2.93. The summed E-state index contributed by atoms with van der Waals surface area (Å²) in [6.07, 6.45) is 12.9. The molecule has 0 N–H and O–H groups in total. The van der Waals surface area contributed by atoms with Gasteiger partial charge in [-0.2, -0.15) is 0 Å². The highest BCUT2D eigenvalue weighted by Crippen LogP contribution is 2.32. The molecule has 0 aromatic carbocycles. The highest BCUT2D eigenvalue weighted by Gasteiger charge is 2.30. The van der Waals surface area contributed by atoms with E-state index in [-0.39, 0.29) is 11.9 Å². The Morgan fingerprint density at radius 1 is 1.33 bits per heavy atom. The van der Waals surface area contributed by atoms with E-state index in [1.807, 2.05) is 26.0 Å². The third-order valence-electron chi connectivity index (χ3n) is 4.27. The maximum absolute atomic E-state index is 13.3. The summed E-state index contributed by atoms with van der Waals surface area (Å²) in [6.45, 7) is 4.05. The third-order valence-corrected chi connectivity index (χ3v) is 4.27. The Kier molecular flexibility index (Phi) is 5.80. The van der Waals surface area contributed by atoms with Gasteiger partial charge < -0.3 is 9.26 Å². The third kappa shape index (κ3) is 3.81. The second kappa shape index (κ2) is 8.44. The van der Waals surface area contributed by atoms with Crippen molar-refractivity contribution >= 4 is 17.3 Å². The first-order valence-corrected chi connectivity index (χ1v) is 8.89. The smallest absolute Gasteiger partial charge is 0.316 e. The second-order valence-electron chi connectivity index (χ2n) is 5.91. The molecule has 2 aromatic heterocycles. The van der Waals surface area contributed by atoms with Crippen LogP contribution in [0, 0.1) is 0 Å². The second-order valence-corrected chi connectivity index (χ2v) is 5.91. The molecule has 0 atom stereocenters. The van der Waals surface area contributed by atoms with E-state index in [1.54, 1.807) is 23.4 Å². The predicted molar refractivity (Wildman–Crippen MR) is 102 cm³/mol. The molecule has 3 rings (SSSR count). The number of allylic oxidation sites excluding steroid dienone is 5. The molecular formula is C20H22N4O3. The number of ether oxygens (including phenoxy) is 1. The van der Waals surface area contributed by atoms with Crippen molar-refractivity contribution in [1.82, 2.24) is 15.1 Å². The summed E-state index contributed by atoms with van der Waals surface area (Å²) in [5.74, 6) is 0.366. The molecule has 140 valence electrons. The summed E-state index contributed by atoms with van der Waals surface area (Å²) in [6, 6.07) is 1.97. The number of hydrogen-bond donors (Lipinski definition) is 0. The van der Waals surface area contributed by atoms with Crippen LogP contribution in [0.2, 0.25) is 0 Å². The number of hydrogen-bond acceptors (Lipinski definition) is 6. The quantitative estimate of drug-likeness (QED) is 0.721. The molecule has 3 heterocycles. The van der Waals surface area contributed by atoms with Crippen molar-refractivity contribution in [3.8, 4) is 6.01 Å². The van der Waals surface area contributed by atoms with E-state index in [0.29, 0.717) is 17.8 Å². The zero-order chi connectivity index (χ0) is 19.2. The summed E-state index contributed by atoms with van der Waals surface area (Å²) < 4.78 is 9.98. The minimum atomic E-state index is -0.116. The number of carbonyl (C=O) groups excluding carboxylic acids is 1. The van der Waals surface area contributed by atoms with Gasteiger partial charge in [-0.25, -0.2) is 9.97 Å². The monoisotopic (exact) mass is 366 g/mol. The lowest BCUT2D eigenvalue weighted by atomic mass is 9.94. The Morgan fingerprint density at radius 3 is 2.70 bits per heavy atom. The van der Waals surface area contributed by atoms with Gasteiger partial charge in [0, 0.05) is 35.3 Å². The first-order chi connectivity index (χ1) is 13.2. The van der Waals surface area contributed by atoms with Crippen LogP contribution in [0.3, 0.4) is 0 Å². The van der Waals surface area contributed by atoms with Gasteiger partial charge in [0.05, 0.1) is 7.11 Å². The molecule has 0 spiro atoms. The topological polar surface area (TPSA) is 81.4 Å². The van der Waals surface area contributed by atoms with E-state index < -0.39 is 0 Å². The van der Waals surface area contributed by atoms with Crippen molar-refractivity contribution in [3.05, 3.63) is 59.8 Å². The molecule has 1 amide bonds. The van der Waals surface area contributed by atoms with Gasteiger partial charge in [0.25, 0.3) is 5.91 Å².